The fourth-order valence-electron chi connectivity index (χ4n) is 2.27. The minimum absolute atomic E-state index is 0.935. The fourth-order valence-corrected chi connectivity index (χ4v) is 2.65. The van der Waals surface area contributed by atoms with Gasteiger partial charge in [0.1, 0.15) is 0 Å². The molecule has 0 spiro atoms. The smallest absolute Gasteiger partial charge is 0.0403 e. The normalized spacial score (nSPS) is 16.5. The summed E-state index contributed by atoms with van der Waals surface area (Å²) in [6.07, 6.45) is 13.1. The molecule has 1 aliphatic carbocycles. The molecule has 0 atom stereocenters. The van der Waals surface area contributed by atoms with Gasteiger partial charge in [0.2, 0.25) is 0 Å². The molecule has 0 radical (unpaired) electrons. The standard InChI is InChI=1S/C9H18.C6H7NS/c1-8(2)9-6-4-3-5-7-9;1-8-6-3-2-4-7-5-6/h8-9H,3-7H2,1-2H3;2-5H,1H3. The van der Waals surface area contributed by atoms with Crippen molar-refractivity contribution in [1.82, 2.24) is 4.98 Å². The van der Waals surface area contributed by atoms with Crippen LogP contribution < -0.4 is 0 Å². The van der Waals surface area contributed by atoms with E-state index in [1.807, 2.05) is 24.6 Å². The number of hydrogen-bond acceptors (Lipinski definition) is 2. The number of aromatic nitrogens is 1. The summed E-state index contributed by atoms with van der Waals surface area (Å²) in [6, 6.07) is 3.98. The molecule has 1 heterocycles. The molecule has 0 N–H and O–H groups in total. The molecule has 1 aromatic rings. The van der Waals surface area contributed by atoms with Crippen molar-refractivity contribution in [2.75, 3.05) is 6.26 Å². The lowest BCUT2D eigenvalue weighted by Crippen LogP contribution is -2.12. The Kier molecular flexibility index (Phi) is 7.34. The first-order valence-corrected chi connectivity index (χ1v) is 7.90. The minimum Gasteiger partial charge on any atom is -0.264 e. The van der Waals surface area contributed by atoms with E-state index >= 15 is 0 Å². The molecule has 1 nitrogen and oxygen atoms in total. The van der Waals surface area contributed by atoms with Gasteiger partial charge in [0.25, 0.3) is 0 Å². The summed E-state index contributed by atoms with van der Waals surface area (Å²) < 4.78 is 0. The van der Waals surface area contributed by atoms with E-state index in [0.29, 0.717) is 0 Å². The van der Waals surface area contributed by atoms with Crippen LogP contribution in [0, 0.1) is 11.8 Å². The van der Waals surface area contributed by atoms with Crippen LogP contribution in [0.1, 0.15) is 46.0 Å². The second kappa shape index (κ2) is 8.57. The Morgan fingerprint density at radius 2 is 1.94 bits per heavy atom. The SMILES string of the molecule is CC(C)C1CCCCC1.CSc1cccnc1. The molecule has 1 aromatic heterocycles. The quantitative estimate of drug-likeness (QED) is 0.684. The topological polar surface area (TPSA) is 12.9 Å². The second-order valence-electron chi connectivity index (χ2n) is 5.03. The number of thioether (sulfide) groups is 1. The van der Waals surface area contributed by atoms with E-state index in [-0.39, 0.29) is 0 Å². The van der Waals surface area contributed by atoms with Crippen molar-refractivity contribution in [3.05, 3.63) is 24.5 Å². The molecule has 0 aliphatic heterocycles. The summed E-state index contributed by atoms with van der Waals surface area (Å²) >= 11 is 1.71. The molecular weight excluding hydrogens is 226 g/mol. The van der Waals surface area contributed by atoms with E-state index in [9.17, 15) is 0 Å². The Morgan fingerprint density at radius 1 is 1.24 bits per heavy atom. The lowest BCUT2D eigenvalue weighted by Gasteiger charge is -2.24. The molecule has 17 heavy (non-hydrogen) atoms. The Morgan fingerprint density at radius 3 is 2.29 bits per heavy atom. The summed E-state index contributed by atoms with van der Waals surface area (Å²) in [5, 5.41) is 0. The third-order valence-corrected chi connectivity index (χ3v) is 4.18. The summed E-state index contributed by atoms with van der Waals surface area (Å²) in [4.78, 5) is 5.15. The average molecular weight is 251 g/mol. The van der Waals surface area contributed by atoms with Crippen molar-refractivity contribution < 1.29 is 0 Å². The Balaban J connectivity index is 0.000000171. The predicted octanol–water partition coefficient (Wildman–Crippen LogP) is 5.03. The molecule has 1 saturated carbocycles. The fraction of sp³-hybridized carbons (Fsp3) is 0.667. The summed E-state index contributed by atoms with van der Waals surface area (Å²) in [7, 11) is 0. The van der Waals surface area contributed by atoms with Crippen LogP contribution in [0.2, 0.25) is 0 Å². The van der Waals surface area contributed by atoms with Crippen molar-refractivity contribution in [1.29, 1.82) is 0 Å². The Hall–Kier alpha value is -0.500. The predicted molar refractivity (Wildman–Crippen MR) is 77.4 cm³/mol. The first-order chi connectivity index (χ1) is 8.24. The lowest BCUT2D eigenvalue weighted by atomic mass is 9.82. The Bertz CT molecular complexity index is 278. The van der Waals surface area contributed by atoms with Crippen LogP contribution in [0.25, 0.3) is 0 Å². The zero-order valence-electron chi connectivity index (χ0n) is 11.4. The molecule has 1 fully saturated rings. The molecule has 0 aromatic carbocycles. The van der Waals surface area contributed by atoms with Crippen LogP contribution in [-0.4, -0.2) is 11.2 Å². The monoisotopic (exact) mass is 251 g/mol. The van der Waals surface area contributed by atoms with Crippen LogP contribution in [0.3, 0.4) is 0 Å². The van der Waals surface area contributed by atoms with Gasteiger partial charge < -0.3 is 0 Å². The molecule has 0 amide bonds. The van der Waals surface area contributed by atoms with E-state index in [1.54, 1.807) is 18.0 Å². The maximum Gasteiger partial charge on any atom is 0.0403 e. The van der Waals surface area contributed by atoms with Gasteiger partial charge in [-0.3, -0.25) is 4.98 Å². The van der Waals surface area contributed by atoms with Crippen molar-refractivity contribution in [3.63, 3.8) is 0 Å². The highest BCUT2D eigenvalue weighted by Gasteiger charge is 2.15. The second-order valence-corrected chi connectivity index (χ2v) is 5.91. The van der Waals surface area contributed by atoms with Gasteiger partial charge in [-0.1, -0.05) is 46.0 Å². The zero-order chi connectivity index (χ0) is 12.5. The van der Waals surface area contributed by atoms with Crippen molar-refractivity contribution in [2.45, 2.75) is 50.8 Å². The largest absolute Gasteiger partial charge is 0.264 e. The molecule has 2 rings (SSSR count). The van der Waals surface area contributed by atoms with Crippen LogP contribution in [0.4, 0.5) is 0 Å². The first-order valence-electron chi connectivity index (χ1n) is 6.68. The van der Waals surface area contributed by atoms with Gasteiger partial charge in [0.15, 0.2) is 0 Å². The van der Waals surface area contributed by atoms with Gasteiger partial charge in [0, 0.05) is 17.3 Å². The van der Waals surface area contributed by atoms with Gasteiger partial charge in [-0.25, -0.2) is 0 Å². The average Bonchev–Trinajstić information content (AvgIpc) is 2.41. The van der Waals surface area contributed by atoms with Crippen molar-refractivity contribution >= 4 is 11.8 Å². The Labute approximate surface area is 110 Å². The van der Waals surface area contributed by atoms with Crippen LogP contribution in [-0.2, 0) is 0 Å². The molecular formula is C15H25NS. The van der Waals surface area contributed by atoms with Gasteiger partial charge in [-0.2, -0.15) is 0 Å². The summed E-state index contributed by atoms with van der Waals surface area (Å²) in [5.41, 5.74) is 0. The number of pyridine rings is 1. The van der Waals surface area contributed by atoms with E-state index in [0.717, 1.165) is 11.8 Å². The van der Waals surface area contributed by atoms with Gasteiger partial charge in [-0.15, -0.1) is 11.8 Å². The maximum absolute atomic E-state index is 3.93. The highest BCUT2D eigenvalue weighted by Crippen LogP contribution is 2.29. The third-order valence-electron chi connectivity index (χ3n) is 3.46. The first kappa shape index (κ1) is 14.6. The molecule has 0 unspecified atom stereocenters. The summed E-state index contributed by atoms with van der Waals surface area (Å²) in [6.45, 7) is 4.71. The van der Waals surface area contributed by atoms with Gasteiger partial charge >= 0.3 is 0 Å². The molecule has 0 bridgehead atoms. The molecule has 96 valence electrons. The maximum atomic E-state index is 3.93. The van der Waals surface area contributed by atoms with E-state index in [1.165, 1.54) is 37.0 Å². The van der Waals surface area contributed by atoms with Gasteiger partial charge in [-0.05, 0) is 30.2 Å². The van der Waals surface area contributed by atoms with E-state index in [4.69, 9.17) is 0 Å². The molecule has 0 saturated heterocycles. The highest BCUT2D eigenvalue weighted by atomic mass is 32.2. The van der Waals surface area contributed by atoms with E-state index in [2.05, 4.69) is 18.8 Å². The third kappa shape index (κ3) is 6.11. The van der Waals surface area contributed by atoms with Gasteiger partial charge in [0.05, 0.1) is 0 Å². The highest BCUT2D eigenvalue weighted by molar-refractivity contribution is 7.98. The molecule has 2 heteroatoms. The van der Waals surface area contributed by atoms with Crippen molar-refractivity contribution in [2.24, 2.45) is 11.8 Å². The van der Waals surface area contributed by atoms with Crippen LogP contribution in [0.15, 0.2) is 29.4 Å². The number of hydrogen-bond donors (Lipinski definition) is 0. The number of rotatable bonds is 2. The lowest BCUT2D eigenvalue weighted by molar-refractivity contribution is 0.279. The molecule has 1 aliphatic rings. The minimum atomic E-state index is 0.935. The van der Waals surface area contributed by atoms with Crippen LogP contribution in [0.5, 0.6) is 0 Å². The zero-order valence-corrected chi connectivity index (χ0v) is 12.2. The van der Waals surface area contributed by atoms with Crippen LogP contribution >= 0.6 is 11.8 Å². The van der Waals surface area contributed by atoms with E-state index < -0.39 is 0 Å². The van der Waals surface area contributed by atoms with Crippen molar-refractivity contribution in [3.8, 4) is 0 Å². The summed E-state index contributed by atoms with van der Waals surface area (Å²) in [5.74, 6) is 1.99. The number of nitrogens with zero attached hydrogens (tertiary/aromatic N) is 1.